The maximum Gasteiger partial charge on any atom is 0.490 e. The molecule has 0 aromatic heterocycles. The minimum Gasteiger partial charge on any atom is -0.475 e. The number of aryl methyl sites for hydroxylation is 1. The van der Waals surface area contributed by atoms with Crippen molar-refractivity contribution in [2.24, 2.45) is 5.92 Å². The van der Waals surface area contributed by atoms with E-state index in [1.165, 1.54) is 24.5 Å². The van der Waals surface area contributed by atoms with Crippen molar-refractivity contribution in [1.29, 1.82) is 0 Å². The summed E-state index contributed by atoms with van der Waals surface area (Å²) in [6.45, 7) is 4.47. The van der Waals surface area contributed by atoms with Crippen LogP contribution in [0.15, 0.2) is 48.5 Å². The van der Waals surface area contributed by atoms with Gasteiger partial charge in [0, 0.05) is 17.5 Å². The summed E-state index contributed by atoms with van der Waals surface area (Å²) in [5, 5.41) is 19.5. The molecular formula is C27H33F4N3O4. The number of hydroxylamine groups is 1. The average Bonchev–Trinajstić information content (AvgIpc) is 3.68. The Bertz CT molecular complexity index is 1060. The summed E-state index contributed by atoms with van der Waals surface area (Å²) in [5.74, 6) is -2.16. The first-order chi connectivity index (χ1) is 18.1. The molecule has 208 valence electrons. The molecule has 38 heavy (non-hydrogen) atoms. The zero-order chi connectivity index (χ0) is 27.7. The molecule has 0 bridgehead atoms. The molecule has 1 heterocycles. The highest BCUT2D eigenvalue weighted by Crippen LogP contribution is 2.41. The number of nitrogens with zero attached hydrogens (tertiary/aromatic N) is 1. The van der Waals surface area contributed by atoms with Gasteiger partial charge in [-0.05, 0) is 99.6 Å². The van der Waals surface area contributed by atoms with E-state index in [0.29, 0.717) is 17.5 Å². The highest BCUT2D eigenvalue weighted by atomic mass is 19.4. The summed E-state index contributed by atoms with van der Waals surface area (Å²) in [4.78, 5) is 22.8. The monoisotopic (exact) mass is 539 g/mol. The van der Waals surface area contributed by atoms with E-state index in [1.54, 1.807) is 29.7 Å². The molecule has 0 radical (unpaired) electrons. The minimum atomic E-state index is -5.08. The number of piperidine rings is 1. The number of carbonyl (C=O) groups excluding carboxylic acids is 1. The maximum absolute atomic E-state index is 13.4. The summed E-state index contributed by atoms with van der Waals surface area (Å²) in [6.07, 6.45) is 0.593. The molecule has 2 aromatic carbocycles. The zero-order valence-electron chi connectivity index (χ0n) is 20.9. The number of benzene rings is 2. The number of alkyl halides is 3. The van der Waals surface area contributed by atoms with Gasteiger partial charge in [-0.25, -0.2) is 14.7 Å². The van der Waals surface area contributed by atoms with Crippen LogP contribution in [0.5, 0.6) is 0 Å². The molecule has 2 fully saturated rings. The summed E-state index contributed by atoms with van der Waals surface area (Å²) < 4.78 is 45.1. The summed E-state index contributed by atoms with van der Waals surface area (Å²) in [7, 11) is 0. The molecule has 1 aliphatic heterocycles. The molecule has 1 saturated heterocycles. The molecular weight excluding hydrogens is 506 g/mol. The largest absolute Gasteiger partial charge is 0.490 e. The van der Waals surface area contributed by atoms with Crippen molar-refractivity contribution in [2.75, 3.05) is 26.2 Å². The fourth-order valence-electron chi connectivity index (χ4n) is 4.65. The van der Waals surface area contributed by atoms with Crippen molar-refractivity contribution in [3.05, 3.63) is 71.0 Å². The normalized spacial score (nSPS) is 19.8. The Balaban J connectivity index is 0.000000505. The van der Waals surface area contributed by atoms with Crippen molar-refractivity contribution in [3.8, 4) is 0 Å². The predicted octanol–water partition coefficient (Wildman–Crippen LogP) is 4.37. The van der Waals surface area contributed by atoms with Crippen LogP contribution in [0.1, 0.15) is 53.1 Å². The predicted molar refractivity (Wildman–Crippen MR) is 132 cm³/mol. The van der Waals surface area contributed by atoms with Gasteiger partial charge in [0.1, 0.15) is 5.82 Å². The Labute approximate surface area is 218 Å². The number of nitrogens with one attached hydrogen (secondary N) is 2. The fraction of sp³-hybridized carbons (Fsp3) is 0.481. The van der Waals surface area contributed by atoms with Gasteiger partial charge < -0.3 is 15.3 Å². The molecule has 1 amide bonds. The number of amides is 1. The Hall–Kier alpha value is -3.02. The number of aliphatic carboxylic acids is 1. The van der Waals surface area contributed by atoms with Crippen LogP contribution in [-0.2, 0) is 11.2 Å². The van der Waals surface area contributed by atoms with Gasteiger partial charge in [0.2, 0.25) is 0 Å². The van der Waals surface area contributed by atoms with Crippen molar-refractivity contribution >= 4 is 11.9 Å². The van der Waals surface area contributed by atoms with E-state index in [9.17, 15) is 22.4 Å². The van der Waals surface area contributed by atoms with Crippen molar-refractivity contribution in [1.82, 2.24) is 15.7 Å². The highest BCUT2D eigenvalue weighted by molar-refractivity contribution is 5.93. The summed E-state index contributed by atoms with van der Waals surface area (Å²) in [5.41, 5.74) is 4.46. The van der Waals surface area contributed by atoms with Crippen LogP contribution in [0.2, 0.25) is 0 Å². The Morgan fingerprint density at radius 1 is 1.05 bits per heavy atom. The van der Waals surface area contributed by atoms with E-state index in [-0.39, 0.29) is 5.82 Å². The van der Waals surface area contributed by atoms with Crippen molar-refractivity contribution in [3.63, 3.8) is 0 Å². The van der Waals surface area contributed by atoms with Gasteiger partial charge in [-0.1, -0.05) is 24.3 Å². The number of carboxylic acids is 1. The molecule has 11 heteroatoms. The first-order valence-electron chi connectivity index (χ1n) is 12.6. The number of hydrogen-bond acceptors (Lipinski definition) is 5. The number of carboxylic acid groups (broad SMARTS) is 1. The lowest BCUT2D eigenvalue weighted by atomic mass is 9.96. The Morgan fingerprint density at radius 3 is 2.29 bits per heavy atom. The SMILES string of the molecule is O=C(NO)c1ccc(CCCN2CCC(CNC3CC3c3cccc(F)c3)CC2)cc1.O=C(O)C(F)(F)F. The van der Waals surface area contributed by atoms with Crippen LogP contribution in [0.25, 0.3) is 0 Å². The topological polar surface area (TPSA) is 102 Å². The lowest BCUT2D eigenvalue weighted by molar-refractivity contribution is -0.192. The summed E-state index contributed by atoms with van der Waals surface area (Å²) >= 11 is 0. The standard InChI is InChI=1S/C25H32FN3O2.C2HF3O2/c26-22-5-1-4-21(15-22)23-16-24(23)27-17-19-10-13-29(14-11-19)12-2-3-18-6-8-20(9-7-18)25(30)28-31;3-2(4,5)1(6)7/h1,4-9,15,19,23-24,27,31H,2-3,10-14,16-17H2,(H,28,30);(H,6,7). The van der Waals surface area contributed by atoms with Crippen LogP contribution in [0.4, 0.5) is 17.6 Å². The second-order valence-electron chi connectivity index (χ2n) is 9.74. The maximum atomic E-state index is 13.4. The van der Waals surface area contributed by atoms with Crippen molar-refractivity contribution in [2.45, 2.75) is 50.2 Å². The highest BCUT2D eigenvalue weighted by Gasteiger charge is 2.39. The van der Waals surface area contributed by atoms with Gasteiger partial charge in [-0.3, -0.25) is 10.0 Å². The average molecular weight is 540 g/mol. The van der Waals surface area contributed by atoms with Gasteiger partial charge in [0.25, 0.3) is 5.91 Å². The van der Waals surface area contributed by atoms with Crippen LogP contribution in [0, 0.1) is 11.7 Å². The van der Waals surface area contributed by atoms with E-state index < -0.39 is 18.1 Å². The molecule has 1 saturated carbocycles. The van der Waals surface area contributed by atoms with E-state index in [0.717, 1.165) is 56.9 Å². The number of likely N-dealkylation sites (tertiary alicyclic amines) is 1. The van der Waals surface area contributed by atoms with Crippen LogP contribution >= 0.6 is 0 Å². The molecule has 2 aliphatic rings. The number of rotatable bonds is 9. The Kier molecular flexibility index (Phi) is 10.6. The molecule has 1 aliphatic carbocycles. The second kappa shape index (κ2) is 13.7. The Morgan fingerprint density at radius 2 is 1.71 bits per heavy atom. The number of hydrogen-bond donors (Lipinski definition) is 4. The number of halogens is 4. The molecule has 7 nitrogen and oxygen atoms in total. The lowest BCUT2D eigenvalue weighted by Crippen LogP contribution is -2.38. The molecule has 4 rings (SSSR count). The van der Waals surface area contributed by atoms with Crippen LogP contribution in [-0.4, -0.2) is 65.5 Å². The lowest BCUT2D eigenvalue weighted by Gasteiger charge is -2.32. The quantitative estimate of drug-likeness (QED) is 0.215. The number of carbonyl (C=O) groups is 2. The van der Waals surface area contributed by atoms with Gasteiger partial charge in [0.05, 0.1) is 0 Å². The van der Waals surface area contributed by atoms with Gasteiger partial charge >= 0.3 is 12.1 Å². The molecule has 0 spiro atoms. The smallest absolute Gasteiger partial charge is 0.475 e. The van der Waals surface area contributed by atoms with Gasteiger partial charge in [0.15, 0.2) is 0 Å². The fourth-order valence-corrected chi connectivity index (χ4v) is 4.65. The second-order valence-corrected chi connectivity index (χ2v) is 9.74. The minimum absolute atomic E-state index is 0.137. The first-order valence-corrected chi connectivity index (χ1v) is 12.6. The van der Waals surface area contributed by atoms with Crippen molar-refractivity contribution < 1.29 is 37.5 Å². The molecule has 2 unspecified atom stereocenters. The van der Waals surface area contributed by atoms with E-state index >= 15 is 0 Å². The van der Waals surface area contributed by atoms with Gasteiger partial charge in [-0.2, -0.15) is 13.2 Å². The summed E-state index contributed by atoms with van der Waals surface area (Å²) in [6, 6.07) is 14.9. The third-order valence-corrected chi connectivity index (χ3v) is 6.94. The molecule has 2 atom stereocenters. The van der Waals surface area contributed by atoms with Crippen LogP contribution < -0.4 is 10.8 Å². The van der Waals surface area contributed by atoms with E-state index in [2.05, 4.69) is 10.2 Å². The first kappa shape index (κ1) is 29.5. The third kappa shape index (κ3) is 9.38. The molecule has 4 N–H and O–H groups in total. The van der Waals surface area contributed by atoms with Gasteiger partial charge in [-0.15, -0.1) is 0 Å². The van der Waals surface area contributed by atoms with E-state index in [4.69, 9.17) is 15.1 Å². The third-order valence-electron chi connectivity index (χ3n) is 6.94. The molecule has 2 aromatic rings. The van der Waals surface area contributed by atoms with Crippen LogP contribution in [0.3, 0.4) is 0 Å². The zero-order valence-corrected chi connectivity index (χ0v) is 20.9. The van der Waals surface area contributed by atoms with E-state index in [1.807, 2.05) is 18.2 Å².